The van der Waals surface area contributed by atoms with Crippen LogP contribution in [0.2, 0.25) is 0 Å². The number of rotatable bonds is 4. The van der Waals surface area contributed by atoms with Gasteiger partial charge in [-0.25, -0.2) is 0 Å². The second-order valence-corrected chi connectivity index (χ2v) is 4.55. The zero-order valence-electron chi connectivity index (χ0n) is 10.6. The topological polar surface area (TPSA) is 58.2 Å². The zero-order chi connectivity index (χ0) is 13.7. The Morgan fingerprint density at radius 2 is 2.05 bits per heavy atom. The van der Waals surface area contributed by atoms with Crippen LogP contribution in [0.5, 0.6) is 0 Å². The number of hydrogen-bond donors (Lipinski definition) is 2. The molecule has 0 aromatic heterocycles. The lowest BCUT2D eigenvalue weighted by Crippen LogP contribution is -2.30. The van der Waals surface area contributed by atoms with Crippen LogP contribution in [0, 0.1) is 18.3 Å². The van der Waals surface area contributed by atoms with E-state index in [9.17, 15) is 9.59 Å². The maximum absolute atomic E-state index is 11.9. The van der Waals surface area contributed by atoms with Gasteiger partial charge in [0.1, 0.15) is 0 Å². The molecule has 1 aliphatic carbocycles. The van der Waals surface area contributed by atoms with Crippen molar-refractivity contribution in [3.63, 3.8) is 0 Å². The molecule has 0 atom stereocenters. The van der Waals surface area contributed by atoms with E-state index in [1.807, 2.05) is 0 Å². The number of benzene rings is 1. The molecule has 4 nitrogen and oxygen atoms in total. The third-order valence-electron chi connectivity index (χ3n) is 3.26. The molecule has 0 heterocycles. The summed E-state index contributed by atoms with van der Waals surface area (Å²) >= 11 is 0. The number of terminal acetylenes is 1. The molecule has 1 aromatic rings. The van der Waals surface area contributed by atoms with Gasteiger partial charge in [0.05, 0.1) is 17.8 Å². The maximum atomic E-state index is 11.9. The van der Waals surface area contributed by atoms with Crippen molar-refractivity contribution in [2.45, 2.75) is 19.3 Å². The highest BCUT2D eigenvalue weighted by molar-refractivity contribution is 6.04. The second-order valence-electron chi connectivity index (χ2n) is 4.55. The second kappa shape index (κ2) is 6.05. The Kier molecular flexibility index (Phi) is 4.19. The molecule has 0 aliphatic heterocycles. The standard InChI is InChI=1S/C15H16N2O2/c1-2-10-16-15(19)12-8-3-4-9-13(12)17-14(18)11-6-5-7-11/h1,3-4,8-9,11H,5-7,10H2,(H,16,19)(H,17,18). The number of para-hydroxylation sites is 1. The number of nitrogens with one attached hydrogen (secondary N) is 2. The summed E-state index contributed by atoms with van der Waals surface area (Å²) < 4.78 is 0. The van der Waals surface area contributed by atoms with Crippen molar-refractivity contribution >= 4 is 17.5 Å². The van der Waals surface area contributed by atoms with Gasteiger partial charge in [0.2, 0.25) is 5.91 Å². The Bertz CT molecular complexity index is 527. The fourth-order valence-corrected chi connectivity index (χ4v) is 1.92. The van der Waals surface area contributed by atoms with Gasteiger partial charge < -0.3 is 10.6 Å². The summed E-state index contributed by atoms with van der Waals surface area (Å²) in [5.74, 6) is 2.14. The minimum Gasteiger partial charge on any atom is -0.341 e. The van der Waals surface area contributed by atoms with Gasteiger partial charge in [0.15, 0.2) is 0 Å². The Morgan fingerprint density at radius 3 is 2.68 bits per heavy atom. The van der Waals surface area contributed by atoms with Gasteiger partial charge in [0.25, 0.3) is 5.91 Å². The summed E-state index contributed by atoms with van der Waals surface area (Å²) in [5, 5.41) is 5.41. The molecule has 4 heteroatoms. The molecule has 2 rings (SSSR count). The first kappa shape index (κ1) is 13.2. The van der Waals surface area contributed by atoms with Gasteiger partial charge in [-0.1, -0.05) is 24.5 Å². The van der Waals surface area contributed by atoms with E-state index in [4.69, 9.17) is 6.42 Å². The van der Waals surface area contributed by atoms with Crippen LogP contribution in [0.3, 0.4) is 0 Å². The van der Waals surface area contributed by atoms with Crippen LogP contribution in [0.1, 0.15) is 29.6 Å². The smallest absolute Gasteiger partial charge is 0.254 e. The third-order valence-corrected chi connectivity index (χ3v) is 3.26. The van der Waals surface area contributed by atoms with Crippen molar-refractivity contribution in [3.05, 3.63) is 29.8 Å². The van der Waals surface area contributed by atoms with E-state index in [1.165, 1.54) is 0 Å². The lowest BCUT2D eigenvalue weighted by molar-refractivity contribution is -0.122. The Morgan fingerprint density at radius 1 is 1.32 bits per heavy atom. The summed E-state index contributed by atoms with van der Waals surface area (Å²) in [6.45, 7) is 0.170. The number of anilines is 1. The summed E-state index contributed by atoms with van der Waals surface area (Å²) in [5.41, 5.74) is 0.972. The third kappa shape index (κ3) is 3.14. The molecule has 0 unspecified atom stereocenters. The molecule has 98 valence electrons. The SMILES string of the molecule is C#CCNC(=O)c1ccccc1NC(=O)C1CCC1. The van der Waals surface area contributed by atoms with Crippen molar-refractivity contribution in [1.29, 1.82) is 0 Å². The molecule has 2 amide bonds. The van der Waals surface area contributed by atoms with E-state index in [-0.39, 0.29) is 24.3 Å². The van der Waals surface area contributed by atoms with Gasteiger partial charge in [-0.3, -0.25) is 9.59 Å². The van der Waals surface area contributed by atoms with Crippen LogP contribution in [0.25, 0.3) is 0 Å². The number of carbonyl (C=O) groups excluding carboxylic acids is 2. The first-order valence-electron chi connectivity index (χ1n) is 6.34. The Balaban J connectivity index is 2.09. The molecule has 1 aliphatic rings. The van der Waals surface area contributed by atoms with Crippen LogP contribution < -0.4 is 10.6 Å². The van der Waals surface area contributed by atoms with E-state index in [0.717, 1.165) is 19.3 Å². The van der Waals surface area contributed by atoms with Gasteiger partial charge in [-0.15, -0.1) is 6.42 Å². The van der Waals surface area contributed by atoms with Crippen LogP contribution in [-0.4, -0.2) is 18.4 Å². The van der Waals surface area contributed by atoms with Crippen LogP contribution in [0.4, 0.5) is 5.69 Å². The molecule has 0 bridgehead atoms. The molecule has 1 fully saturated rings. The molecule has 19 heavy (non-hydrogen) atoms. The van der Waals surface area contributed by atoms with Gasteiger partial charge in [-0.05, 0) is 25.0 Å². The molecule has 0 saturated heterocycles. The highest BCUT2D eigenvalue weighted by Gasteiger charge is 2.26. The highest BCUT2D eigenvalue weighted by atomic mass is 16.2. The Hall–Kier alpha value is -2.28. The van der Waals surface area contributed by atoms with Crippen LogP contribution in [-0.2, 0) is 4.79 Å². The van der Waals surface area contributed by atoms with Crippen LogP contribution in [0.15, 0.2) is 24.3 Å². The monoisotopic (exact) mass is 256 g/mol. The molecule has 0 radical (unpaired) electrons. The molecule has 1 aromatic carbocycles. The van der Waals surface area contributed by atoms with Crippen molar-refractivity contribution in [3.8, 4) is 12.3 Å². The summed E-state index contributed by atoms with van der Waals surface area (Å²) in [7, 11) is 0. The van der Waals surface area contributed by atoms with E-state index in [2.05, 4.69) is 16.6 Å². The van der Waals surface area contributed by atoms with Crippen molar-refractivity contribution in [2.75, 3.05) is 11.9 Å². The fraction of sp³-hybridized carbons (Fsp3) is 0.333. The minimum absolute atomic E-state index is 0.0107. The maximum Gasteiger partial charge on any atom is 0.254 e. The summed E-state index contributed by atoms with van der Waals surface area (Å²) in [6, 6.07) is 6.93. The number of amides is 2. The predicted molar refractivity (Wildman–Crippen MR) is 73.6 cm³/mol. The summed E-state index contributed by atoms with van der Waals surface area (Å²) in [4.78, 5) is 23.8. The predicted octanol–water partition coefficient (Wildman–Crippen LogP) is 1.79. The van der Waals surface area contributed by atoms with E-state index in [1.54, 1.807) is 24.3 Å². The fourth-order valence-electron chi connectivity index (χ4n) is 1.92. The average molecular weight is 256 g/mol. The first-order chi connectivity index (χ1) is 9.22. The van der Waals surface area contributed by atoms with Crippen molar-refractivity contribution in [2.24, 2.45) is 5.92 Å². The Labute approximate surface area is 112 Å². The van der Waals surface area contributed by atoms with Crippen molar-refractivity contribution < 1.29 is 9.59 Å². The summed E-state index contributed by atoms with van der Waals surface area (Å²) in [6.07, 6.45) is 8.06. The average Bonchev–Trinajstić information content (AvgIpc) is 2.34. The molecule has 0 spiro atoms. The molecule has 2 N–H and O–H groups in total. The molecular formula is C15H16N2O2. The quantitative estimate of drug-likeness (QED) is 0.807. The zero-order valence-corrected chi connectivity index (χ0v) is 10.6. The van der Waals surface area contributed by atoms with Crippen LogP contribution >= 0.6 is 0 Å². The van der Waals surface area contributed by atoms with E-state index >= 15 is 0 Å². The largest absolute Gasteiger partial charge is 0.341 e. The molecule has 1 saturated carbocycles. The number of carbonyl (C=O) groups is 2. The van der Waals surface area contributed by atoms with Crippen molar-refractivity contribution in [1.82, 2.24) is 5.32 Å². The lowest BCUT2D eigenvalue weighted by Gasteiger charge is -2.24. The van der Waals surface area contributed by atoms with Gasteiger partial charge in [-0.2, -0.15) is 0 Å². The first-order valence-corrected chi connectivity index (χ1v) is 6.34. The van der Waals surface area contributed by atoms with Gasteiger partial charge >= 0.3 is 0 Å². The normalized spacial score (nSPS) is 14.1. The van der Waals surface area contributed by atoms with Gasteiger partial charge in [0, 0.05) is 5.92 Å². The van der Waals surface area contributed by atoms with E-state index < -0.39 is 0 Å². The highest BCUT2D eigenvalue weighted by Crippen LogP contribution is 2.28. The minimum atomic E-state index is -0.276. The lowest BCUT2D eigenvalue weighted by atomic mass is 9.85. The number of hydrogen-bond acceptors (Lipinski definition) is 2. The van der Waals surface area contributed by atoms with E-state index in [0.29, 0.717) is 11.3 Å². The molecular weight excluding hydrogens is 240 g/mol.